The zero-order valence-corrected chi connectivity index (χ0v) is 11.7. The average Bonchev–Trinajstić information content (AvgIpc) is 2.45. The van der Waals surface area contributed by atoms with Crippen molar-refractivity contribution in [1.29, 1.82) is 0 Å². The van der Waals surface area contributed by atoms with Crippen LogP contribution in [-0.4, -0.2) is 23.5 Å². The summed E-state index contributed by atoms with van der Waals surface area (Å²) < 4.78 is 45.1. The maximum Gasteiger partial charge on any atom is 0.417 e. The summed E-state index contributed by atoms with van der Waals surface area (Å²) in [4.78, 5) is 11.8. The molecule has 0 radical (unpaired) electrons. The van der Waals surface area contributed by atoms with E-state index in [0.29, 0.717) is 0 Å². The standard InChI is InChI=1S/C14H14F3N3O2/c1-22-7-6-20-12(21)8-11(18)13(19-20)9-4-2-3-5-10(9)14(15,16)17/h2-5,8H,6-7,18H2,1H3. The molecule has 2 N–H and O–H groups in total. The summed E-state index contributed by atoms with van der Waals surface area (Å²) in [5, 5.41) is 3.95. The lowest BCUT2D eigenvalue weighted by atomic mass is 10.0. The Morgan fingerprint density at radius 2 is 2.00 bits per heavy atom. The van der Waals surface area contributed by atoms with E-state index in [1.165, 1.54) is 25.3 Å². The van der Waals surface area contributed by atoms with Crippen LogP contribution in [0.25, 0.3) is 11.3 Å². The number of alkyl halides is 3. The maximum absolute atomic E-state index is 13.1. The summed E-state index contributed by atoms with van der Waals surface area (Å²) in [6.45, 7) is 0.327. The van der Waals surface area contributed by atoms with Gasteiger partial charge < -0.3 is 10.5 Å². The van der Waals surface area contributed by atoms with Gasteiger partial charge in [0.2, 0.25) is 0 Å². The van der Waals surface area contributed by atoms with Crippen molar-refractivity contribution in [2.24, 2.45) is 0 Å². The molecule has 2 aromatic rings. The smallest absolute Gasteiger partial charge is 0.397 e. The molecule has 0 aliphatic carbocycles. The second-order valence-electron chi connectivity index (χ2n) is 4.55. The van der Waals surface area contributed by atoms with E-state index in [4.69, 9.17) is 10.5 Å². The molecule has 8 heteroatoms. The number of nitrogens with two attached hydrogens (primary N) is 1. The molecule has 0 fully saturated rings. The number of nitrogens with zero attached hydrogens (tertiary/aromatic N) is 2. The normalized spacial score (nSPS) is 11.6. The molecular weight excluding hydrogens is 299 g/mol. The summed E-state index contributed by atoms with van der Waals surface area (Å²) in [5.41, 5.74) is 3.99. The third-order valence-electron chi connectivity index (χ3n) is 3.02. The van der Waals surface area contributed by atoms with Gasteiger partial charge in [0.05, 0.1) is 24.4 Å². The van der Waals surface area contributed by atoms with Crippen molar-refractivity contribution in [3.63, 3.8) is 0 Å². The third kappa shape index (κ3) is 3.28. The second-order valence-corrected chi connectivity index (χ2v) is 4.55. The van der Waals surface area contributed by atoms with Crippen molar-refractivity contribution < 1.29 is 17.9 Å². The van der Waals surface area contributed by atoms with Crippen molar-refractivity contribution >= 4 is 5.69 Å². The number of rotatable bonds is 4. The number of ether oxygens (including phenoxy) is 1. The van der Waals surface area contributed by atoms with E-state index in [2.05, 4.69) is 5.10 Å². The molecule has 0 amide bonds. The van der Waals surface area contributed by atoms with E-state index >= 15 is 0 Å². The minimum Gasteiger partial charge on any atom is -0.397 e. The van der Waals surface area contributed by atoms with Crippen LogP contribution in [0.4, 0.5) is 18.9 Å². The number of halogens is 3. The minimum absolute atomic E-state index is 0.0800. The summed E-state index contributed by atoms with van der Waals surface area (Å²) in [7, 11) is 1.45. The predicted molar refractivity (Wildman–Crippen MR) is 75.2 cm³/mol. The monoisotopic (exact) mass is 313 g/mol. The molecule has 2 rings (SSSR count). The van der Waals surface area contributed by atoms with Gasteiger partial charge in [0.15, 0.2) is 0 Å². The van der Waals surface area contributed by atoms with Crippen LogP contribution in [0.1, 0.15) is 5.56 Å². The van der Waals surface area contributed by atoms with Crippen molar-refractivity contribution in [3.8, 4) is 11.3 Å². The van der Waals surface area contributed by atoms with Crippen molar-refractivity contribution in [1.82, 2.24) is 9.78 Å². The van der Waals surface area contributed by atoms with Crippen molar-refractivity contribution in [3.05, 3.63) is 46.2 Å². The fourth-order valence-electron chi connectivity index (χ4n) is 1.99. The number of aromatic nitrogens is 2. The number of hydrogen-bond acceptors (Lipinski definition) is 4. The van der Waals surface area contributed by atoms with E-state index in [-0.39, 0.29) is 30.1 Å². The van der Waals surface area contributed by atoms with Crippen LogP contribution in [0.2, 0.25) is 0 Å². The van der Waals surface area contributed by atoms with Crippen LogP contribution in [-0.2, 0) is 17.5 Å². The SMILES string of the molecule is COCCn1nc(-c2ccccc2C(F)(F)F)c(N)cc1=O. The van der Waals surface area contributed by atoms with Gasteiger partial charge in [-0.3, -0.25) is 4.79 Å². The molecule has 22 heavy (non-hydrogen) atoms. The zero-order chi connectivity index (χ0) is 16.3. The Bertz CT molecular complexity index is 726. The summed E-state index contributed by atoms with van der Waals surface area (Å²) >= 11 is 0. The lowest BCUT2D eigenvalue weighted by Gasteiger charge is -2.14. The molecule has 0 saturated heterocycles. The molecule has 0 spiro atoms. The molecule has 1 aromatic heterocycles. The van der Waals surface area contributed by atoms with Gasteiger partial charge in [-0.2, -0.15) is 18.3 Å². The molecule has 1 aromatic carbocycles. The number of anilines is 1. The fourth-order valence-corrected chi connectivity index (χ4v) is 1.99. The Morgan fingerprint density at radius 1 is 1.32 bits per heavy atom. The Labute approximate surface area is 124 Å². The molecular formula is C14H14F3N3O2. The van der Waals surface area contributed by atoms with Crippen molar-refractivity contribution in [2.45, 2.75) is 12.7 Å². The van der Waals surface area contributed by atoms with E-state index in [1.54, 1.807) is 0 Å². The Balaban J connectivity index is 2.61. The van der Waals surface area contributed by atoms with Crippen LogP contribution >= 0.6 is 0 Å². The van der Waals surface area contributed by atoms with Gasteiger partial charge in [-0.25, -0.2) is 4.68 Å². The van der Waals surface area contributed by atoms with Gasteiger partial charge in [-0.1, -0.05) is 18.2 Å². The van der Waals surface area contributed by atoms with Crippen LogP contribution < -0.4 is 11.3 Å². The summed E-state index contributed by atoms with van der Waals surface area (Å²) in [6.07, 6.45) is -4.54. The summed E-state index contributed by atoms with van der Waals surface area (Å²) in [5.74, 6) is 0. The number of benzene rings is 1. The summed E-state index contributed by atoms with van der Waals surface area (Å²) in [6, 6.07) is 6.01. The lowest BCUT2D eigenvalue weighted by Crippen LogP contribution is -2.25. The van der Waals surface area contributed by atoms with E-state index < -0.39 is 17.3 Å². The molecule has 0 aliphatic heterocycles. The Morgan fingerprint density at radius 3 is 2.64 bits per heavy atom. The molecule has 0 unspecified atom stereocenters. The quantitative estimate of drug-likeness (QED) is 0.939. The van der Waals surface area contributed by atoms with Crippen LogP contribution in [0, 0.1) is 0 Å². The van der Waals surface area contributed by atoms with E-state index in [0.717, 1.165) is 16.8 Å². The molecule has 1 heterocycles. The van der Waals surface area contributed by atoms with Gasteiger partial charge in [0.25, 0.3) is 5.56 Å². The average molecular weight is 313 g/mol. The van der Waals surface area contributed by atoms with Crippen LogP contribution in [0.3, 0.4) is 0 Å². The highest BCUT2D eigenvalue weighted by atomic mass is 19.4. The topological polar surface area (TPSA) is 70.1 Å². The first kappa shape index (κ1) is 16.0. The molecule has 0 aliphatic rings. The molecule has 5 nitrogen and oxygen atoms in total. The van der Waals surface area contributed by atoms with Gasteiger partial charge in [-0.15, -0.1) is 0 Å². The highest BCUT2D eigenvalue weighted by Crippen LogP contribution is 2.37. The van der Waals surface area contributed by atoms with Crippen LogP contribution in [0.5, 0.6) is 0 Å². The van der Waals surface area contributed by atoms with Gasteiger partial charge >= 0.3 is 6.18 Å². The fraction of sp³-hybridized carbons (Fsp3) is 0.286. The van der Waals surface area contributed by atoms with Gasteiger partial charge in [-0.05, 0) is 6.07 Å². The predicted octanol–water partition coefficient (Wildman–Crippen LogP) is 2.16. The highest BCUT2D eigenvalue weighted by molar-refractivity contribution is 5.74. The zero-order valence-electron chi connectivity index (χ0n) is 11.7. The van der Waals surface area contributed by atoms with Crippen molar-refractivity contribution in [2.75, 3.05) is 19.5 Å². The number of methoxy groups -OCH3 is 1. The molecule has 0 bridgehead atoms. The third-order valence-corrected chi connectivity index (χ3v) is 3.02. The first-order chi connectivity index (χ1) is 10.3. The van der Waals surface area contributed by atoms with Crippen LogP contribution in [0.15, 0.2) is 35.1 Å². The largest absolute Gasteiger partial charge is 0.417 e. The molecule has 0 atom stereocenters. The first-order valence-electron chi connectivity index (χ1n) is 6.37. The molecule has 0 saturated carbocycles. The lowest BCUT2D eigenvalue weighted by molar-refractivity contribution is -0.137. The van der Waals surface area contributed by atoms with Gasteiger partial charge in [0, 0.05) is 18.7 Å². The Kier molecular flexibility index (Phi) is 4.51. The maximum atomic E-state index is 13.1. The van der Waals surface area contributed by atoms with E-state index in [9.17, 15) is 18.0 Å². The highest BCUT2D eigenvalue weighted by Gasteiger charge is 2.34. The number of nitrogen functional groups attached to an aromatic ring is 1. The minimum atomic E-state index is -4.54. The van der Waals surface area contributed by atoms with E-state index in [1.807, 2.05) is 0 Å². The number of hydrogen-bond donors (Lipinski definition) is 1. The van der Waals surface area contributed by atoms with Gasteiger partial charge in [0.1, 0.15) is 5.69 Å². The molecule has 118 valence electrons. The Hall–Kier alpha value is -2.35. The first-order valence-corrected chi connectivity index (χ1v) is 6.37. The second kappa shape index (κ2) is 6.18.